The first kappa shape index (κ1) is 24.9. The Balaban J connectivity index is 1.70. The van der Waals surface area contributed by atoms with Gasteiger partial charge in [0.15, 0.2) is 0 Å². The minimum atomic E-state index is 0.0695. The zero-order valence-electron chi connectivity index (χ0n) is 21.3. The molecule has 1 heterocycles. The topological polar surface area (TPSA) is 50.4 Å². The molecular weight excluding hydrogens is 420 g/mol. The molecule has 2 N–H and O–H groups in total. The number of nitrogens with one attached hydrogen (secondary N) is 2. The number of hydroxylamine groups is 1. The molecule has 2 aromatic carbocycles. The highest BCUT2D eigenvalue weighted by Crippen LogP contribution is 2.52. The molecule has 1 aliphatic heterocycles. The van der Waals surface area contributed by atoms with E-state index in [-0.39, 0.29) is 10.8 Å². The Bertz CT molecular complexity index is 946. The van der Waals surface area contributed by atoms with Crippen molar-refractivity contribution in [1.82, 2.24) is 10.8 Å². The molecule has 1 amide bonds. The molecule has 1 aliphatic carbocycles. The summed E-state index contributed by atoms with van der Waals surface area (Å²) in [5.74, 6) is 0.349. The van der Waals surface area contributed by atoms with Gasteiger partial charge in [0.2, 0.25) is 6.41 Å². The van der Waals surface area contributed by atoms with E-state index in [0.717, 1.165) is 32.2 Å². The Morgan fingerprint density at radius 1 is 1.00 bits per heavy atom. The Kier molecular flexibility index (Phi) is 8.10. The molecule has 4 nitrogen and oxygen atoms in total. The van der Waals surface area contributed by atoms with Crippen LogP contribution in [0.4, 0.5) is 0 Å². The normalized spacial score (nSPS) is 24.5. The van der Waals surface area contributed by atoms with Crippen LogP contribution in [-0.2, 0) is 15.0 Å². The van der Waals surface area contributed by atoms with Gasteiger partial charge in [-0.25, -0.2) is 5.48 Å². The van der Waals surface area contributed by atoms with E-state index in [9.17, 15) is 4.79 Å². The quantitative estimate of drug-likeness (QED) is 0.353. The lowest BCUT2D eigenvalue weighted by molar-refractivity contribution is -0.109. The number of hydrogen-bond donors (Lipinski definition) is 2. The van der Waals surface area contributed by atoms with E-state index in [0.29, 0.717) is 19.1 Å². The first-order valence-corrected chi connectivity index (χ1v) is 13.1. The molecule has 184 valence electrons. The van der Waals surface area contributed by atoms with Crippen molar-refractivity contribution in [2.75, 3.05) is 19.7 Å². The van der Waals surface area contributed by atoms with E-state index in [4.69, 9.17) is 4.84 Å². The predicted molar refractivity (Wildman–Crippen MR) is 139 cm³/mol. The number of aryl methyl sites for hydroxylation is 3. The van der Waals surface area contributed by atoms with Crippen LogP contribution in [0.2, 0.25) is 0 Å². The van der Waals surface area contributed by atoms with Crippen molar-refractivity contribution in [2.45, 2.75) is 83.5 Å². The summed E-state index contributed by atoms with van der Waals surface area (Å²) < 4.78 is 0. The molecule has 2 fully saturated rings. The zero-order chi connectivity index (χ0) is 24.0. The third kappa shape index (κ3) is 5.39. The van der Waals surface area contributed by atoms with Crippen LogP contribution in [0.25, 0.3) is 0 Å². The first-order chi connectivity index (χ1) is 16.5. The summed E-state index contributed by atoms with van der Waals surface area (Å²) >= 11 is 0. The van der Waals surface area contributed by atoms with Crippen molar-refractivity contribution in [3.8, 4) is 0 Å². The van der Waals surface area contributed by atoms with E-state index in [2.05, 4.69) is 74.0 Å². The summed E-state index contributed by atoms with van der Waals surface area (Å²) in [7, 11) is 0. The Morgan fingerprint density at radius 3 is 2.44 bits per heavy atom. The second-order valence-electron chi connectivity index (χ2n) is 10.9. The highest BCUT2D eigenvalue weighted by atomic mass is 16.6. The standard InChI is InChI=1S/C30H42N2O2/c1-23-18-24(2)20-26(19-23)29(10-6-7-11-29)12-13-30(14-16-31-22-33)15-17-34-32-21-28(30)27-9-5-4-8-25(27)3/h4-5,8-9,18-20,22,28,32H,6-7,10-17,21H2,1-3H3,(H,31,33). The lowest BCUT2D eigenvalue weighted by Crippen LogP contribution is -2.38. The second-order valence-corrected chi connectivity index (χ2v) is 10.9. The minimum Gasteiger partial charge on any atom is -0.359 e. The van der Waals surface area contributed by atoms with E-state index < -0.39 is 0 Å². The largest absolute Gasteiger partial charge is 0.359 e. The summed E-state index contributed by atoms with van der Waals surface area (Å²) in [6, 6.07) is 16.0. The van der Waals surface area contributed by atoms with Gasteiger partial charge < -0.3 is 10.2 Å². The molecule has 2 aromatic rings. The summed E-state index contributed by atoms with van der Waals surface area (Å²) in [5, 5.41) is 2.97. The predicted octanol–water partition coefficient (Wildman–Crippen LogP) is 6.04. The van der Waals surface area contributed by atoms with Gasteiger partial charge in [0.1, 0.15) is 0 Å². The van der Waals surface area contributed by atoms with Crippen LogP contribution >= 0.6 is 0 Å². The van der Waals surface area contributed by atoms with Crippen molar-refractivity contribution < 1.29 is 9.63 Å². The third-order valence-electron chi connectivity index (χ3n) is 8.74. The Morgan fingerprint density at radius 2 is 1.74 bits per heavy atom. The van der Waals surface area contributed by atoms with Crippen molar-refractivity contribution in [3.63, 3.8) is 0 Å². The molecule has 2 unspecified atom stereocenters. The lowest BCUT2D eigenvalue weighted by Gasteiger charge is -2.43. The minimum absolute atomic E-state index is 0.0695. The molecule has 4 heteroatoms. The summed E-state index contributed by atoms with van der Waals surface area (Å²) in [4.78, 5) is 17.0. The van der Waals surface area contributed by atoms with Crippen LogP contribution in [0.1, 0.15) is 85.1 Å². The summed E-state index contributed by atoms with van der Waals surface area (Å²) in [6.45, 7) is 8.91. The molecule has 1 saturated heterocycles. The summed E-state index contributed by atoms with van der Waals surface area (Å²) in [5.41, 5.74) is 10.6. The van der Waals surface area contributed by atoms with Gasteiger partial charge in [0.05, 0.1) is 6.61 Å². The van der Waals surface area contributed by atoms with Crippen molar-refractivity contribution >= 4 is 6.41 Å². The van der Waals surface area contributed by atoms with Crippen LogP contribution in [0.3, 0.4) is 0 Å². The van der Waals surface area contributed by atoms with Gasteiger partial charge in [-0.15, -0.1) is 0 Å². The van der Waals surface area contributed by atoms with Gasteiger partial charge in [-0.1, -0.05) is 66.4 Å². The van der Waals surface area contributed by atoms with Crippen molar-refractivity contribution in [3.05, 3.63) is 70.3 Å². The maximum atomic E-state index is 11.1. The molecule has 0 aromatic heterocycles. The van der Waals surface area contributed by atoms with E-state index >= 15 is 0 Å². The molecule has 0 bridgehead atoms. The molecule has 34 heavy (non-hydrogen) atoms. The first-order valence-electron chi connectivity index (χ1n) is 13.1. The van der Waals surface area contributed by atoms with Gasteiger partial charge >= 0.3 is 0 Å². The van der Waals surface area contributed by atoms with Crippen LogP contribution < -0.4 is 10.8 Å². The van der Waals surface area contributed by atoms with Gasteiger partial charge in [-0.3, -0.25) is 4.79 Å². The average molecular weight is 463 g/mol. The van der Waals surface area contributed by atoms with E-state index in [1.165, 1.54) is 54.4 Å². The molecule has 0 radical (unpaired) electrons. The molecule has 1 saturated carbocycles. The average Bonchev–Trinajstić information content (AvgIpc) is 3.21. The fraction of sp³-hybridized carbons (Fsp3) is 0.567. The fourth-order valence-corrected chi connectivity index (χ4v) is 6.88. The monoisotopic (exact) mass is 462 g/mol. The van der Waals surface area contributed by atoms with Crippen LogP contribution in [0, 0.1) is 26.2 Å². The maximum Gasteiger partial charge on any atom is 0.207 e. The molecule has 0 spiro atoms. The highest BCUT2D eigenvalue weighted by Gasteiger charge is 2.44. The van der Waals surface area contributed by atoms with Gasteiger partial charge in [0, 0.05) is 19.0 Å². The summed E-state index contributed by atoms with van der Waals surface area (Å²) in [6.07, 6.45) is 10.4. The van der Waals surface area contributed by atoms with Crippen LogP contribution in [-0.4, -0.2) is 26.1 Å². The molecule has 4 rings (SSSR count). The number of rotatable bonds is 9. The molecule has 2 aliphatic rings. The molecule has 2 atom stereocenters. The van der Waals surface area contributed by atoms with Crippen LogP contribution in [0.5, 0.6) is 0 Å². The van der Waals surface area contributed by atoms with Gasteiger partial charge in [-0.2, -0.15) is 0 Å². The number of hydrogen-bond acceptors (Lipinski definition) is 3. The lowest BCUT2D eigenvalue weighted by atomic mass is 9.61. The zero-order valence-corrected chi connectivity index (χ0v) is 21.3. The fourth-order valence-electron chi connectivity index (χ4n) is 6.88. The van der Waals surface area contributed by atoms with E-state index in [1.807, 2.05) is 0 Å². The number of amides is 1. The van der Waals surface area contributed by atoms with Gasteiger partial charge in [0.25, 0.3) is 0 Å². The third-order valence-corrected chi connectivity index (χ3v) is 8.74. The van der Waals surface area contributed by atoms with Crippen molar-refractivity contribution in [2.24, 2.45) is 5.41 Å². The highest BCUT2D eigenvalue weighted by molar-refractivity contribution is 5.45. The second kappa shape index (κ2) is 11.0. The van der Waals surface area contributed by atoms with Gasteiger partial charge in [-0.05, 0) is 86.8 Å². The molecular formula is C30H42N2O2. The van der Waals surface area contributed by atoms with Crippen LogP contribution in [0.15, 0.2) is 42.5 Å². The smallest absolute Gasteiger partial charge is 0.207 e. The SMILES string of the molecule is Cc1cc(C)cc(C2(CCC3(CCNC=O)CCONCC3c3ccccc3C)CCCC2)c1. The Labute approximate surface area is 205 Å². The maximum absolute atomic E-state index is 11.1. The number of carbonyl (C=O) groups excluding carboxylic acids is 1. The van der Waals surface area contributed by atoms with E-state index in [1.54, 1.807) is 5.56 Å². The van der Waals surface area contributed by atoms with Crippen molar-refractivity contribution in [1.29, 1.82) is 0 Å². The number of carbonyl (C=O) groups is 1. The number of benzene rings is 2. The Hall–Kier alpha value is -2.17.